The Morgan fingerprint density at radius 1 is 1.19 bits per heavy atom. The van der Waals surface area contributed by atoms with Crippen LogP contribution in [0.2, 0.25) is 0 Å². The van der Waals surface area contributed by atoms with Gasteiger partial charge < -0.3 is 10.1 Å². The average molecular weight is 467 g/mol. The SMILES string of the molecule is CCCOc1cccc(C(=O)NC(=S)NCc2ccc(-c3nn4c(C)nnc4s3)cc2)c1. The van der Waals surface area contributed by atoms with Crippen LogP contribution in [0.5, 0.6) is 5.75 Å². The number of thiocarbonyl (C=S) groups is 1. The molecule has 0 unspecified atom stereocenters. The zero-order chi connectivity index (χ0) is 22.5. The lowest BCUT2D eigenvalue weighted by Gasteiger charge is -2.11. The molecule has 2 aromatic heterocycles. The van der Waals surface area contributed by atoms with Crippen molar-refractivity contribution in [2.24, 2.45) is 0 Å². The maximum absolute atomic E-state index is 12.5. The van der Waals surface area contributed by atoms with Crippen molar-refractivity contribution in [3.8, 4) is 16.3 Å². The number of ether oxygens (including phenoxy) is 1. The van der Waals surface area contributed by atoms with Gasteiger partial charge in [-0.15, -0.1) is 10.2 Å². The number of fused-ring (bicyclic) bond motifs is 1. The molecule has 0 atom stereocenters. The Hall–Kier alpha value is -3.37. The van der Waals surface area contributed by atoms with Crippen LogP contribution in [0.4, 0.5) is 0 Å². The zero-order valence-electron chi connectivity index (χ0n) is 17.7. The lowest BCUT2D eigenvalue weighted by atomic mass is 10.1. The molecule has 0 aliphatic heterocycles. The third-order valence-electron chi connectivity index (χ3n) is 4.60. The summed E-state index contributed by atoms with van der Waals surface area (Å²) in [5.74, 6) is 1.15. The molecule has 0 fully saturated rings. The molecular formula is C22H22N6O2S2. The second kappa shape index (κ2) is 9.84. The van der Waals surface area contributed by atoms with Crippen LogP contribution in [-0.4, -0.2) is 37.4 Å². The van der Waals surface area contributed by atoms with E-state index in [0.717, 1.165) is 33.3 Å². The summed E-state index contributed by atoms with van der Waals surface area (Å²) >= 11 is 6.77. The summed E-state index contributed by atoms with van der Waals surface area (Å²) in [6, 6.07) is 15.0. The van der Waals surface area contributed by atoms with Crippen molar-refractivity contribution < 1.29 is 9.53 Å². The number of aromatic nitrogens is 4. The molecule has 1 amide bonds. The van der Waals surface area contributed by atoms with Crippen molar-refractivity contribution in [1.82, 2.24) is 30.4 Å². The van der Waals surface area contributed by atoms with Gasteiger partial charge in [0.2, 0.25) is 4.96 Å². The van der Waals surface area contributed by atoms with Crippen LogP contribution in [0.25, 0.3) is 15.5 Å². The zero-order valence-corrected chi connectivity index (χ0v) is 19.3. The molecule has 32 heavy (non-hydrogen) atoms. The highest BCUT2D eigenvalue weighted by Gasteiger charge is 2.11. The Labute approximate surface area is 194 Å². The van der Waals surface area contributed by atoms with Gasteiger partial charge in [-0.05, 0) is 49.3 Å². The fourth-order valence-corrected chi connectivity index (χ4v) is 4.00. The van der Waals surface area contributed by atoms with E-state index in [0.29, 0.717) is 24.5 Å². The molecule has 0 aliphatic rings. The van der Waals surface area contributed by atoms with E-state index < -0.39 is 0 Å². The van der Waals surface area contributed by atoms with Crippen LogP contribution < -0.4 is 15.4 Å². The molecule has 4 aromatic rings. The summed E-state index contributed by atoms with van der Waals surface area (Å²) in [6.07, 6.45) is 0.903. The van der Waals surface area contributed by atoms with Gasteiger partial charge in [0.05, 0.1) is 6.61 Å². The molecule has 8 nitrogen and oxygen atoms in total. The summed E-state index contributed by atoms with van der Waals surface area (Å²) in [6.45, 7) is 5.00. The summed E-state index contributed by atoms with van der Waals surface area (Å²) in [7, 11) is 0. The number of hydrogen-bond donors (Lipinski definition) is 2. The number of carbonyl (C=O) groups excluding carboxylic acids is 1. The van der Waals surface area contributed by atoms with Crippen molar-refractivity contribution in [1.29, 1.82) is 0 Å². The molecule has 0 saturated heterocycles. The van der Waals surface area contributed by atoms with Crippen LogP contribution in [0, 0.1) is 6.92 Å². The highest BCUT2D eigenvalue weighted by atomic mass is 32.1. The third kappa shape index (κ3) is 5.09. The predicted molar refractivity (Wildman–Crippen MR) is 128 cm³/mol. The van der Waals surface area contributed by atoms with Gasteiger partial charge in [-0.3, -0.25) is 10.1 Å². The number of amides is 1. The number of rotatable bonds is 7. The average Bonchev–Trinajstić information content (AvgIpc) is 3.39. The Kier molecular flexibility index (Phi) is 6.72. The molecule has 2 heterocycles. The molecule has 0 bridgehead atoms. The van der Waals surface area contributed by atoms with E-state index in [1.165, 1.54) is 11.3 Å². The second-order valence-electron chi connectivity index (χ2n) is 7.06. The number of aryl methyl sites for hydroxylation is 1. The number of carbonyl (C=O) groups is 1. The van der Waals surface area contributed by atoms with E-state index in [1.54, 1.807) is 22.7 Å². The normalized spacial score (nSPS) is 10.8. The molecule has 0 saturated carbocycles. The molecule has 0 aliphatic carbocycles. The molecule has 2 N–H and O–H groups in total. The third-order valence-corrected chi connectivity index (χ3v) is 5.79. The van der Waals surface area contributed by atoms with Gasteiger partial charge in [0.15, 0.2) is 10.9 Å². The minimum absolute atomic E-state index is 0.267. The molecular weight excluding hydrogens is 444 g/mol. The maximum atomic E-state index is 12.5. The second-order valence-corrected chi connectivity index (χ2v) is 8.42. The monoisotopic (exact) mass is 466 g/mol. The van der Waals surface area contributed by atoms with Gasteiger partial charge >= 0.3 is 0 Å². The fraction of sp³-hybridized carbons (Fsp3) is 0.227. The Bertz CT molecular complexity index is 1250. The first-order valence-corrected chi connectivity index (χ1v) is 11.4. The van der Waals surface area contributed by atoms with Crippen molar-refractivity contribution in [3.05, 3.63) is 65.5 Å². The Morgan fingerprint density at radius 3 is 2.75 bits per heavy atom. The number of hydrogen-bond acceptors (Lipinski definition) is 7. The quantitative estimate of drug-likeness (QED) is 0.401. The highest BCUT2D eigenvalue weighted by Crippen LogP contribution is 2.25. The van der Waals surface area contributed by atoms with Crippen LogP contribution >= 0.6 is 23.6 Å². The first-order valence-electron chi connectivity index (χ1n) is 10.1. The van der Waals surface area contributed by atoms with Crippen LogP contribution in [-0.2, 0) is 6.54 Å². The smallest absolute Gasteiger partial charge is 0.257 e. The summed E-state index contributed by atoms with van der Waals surface area (Å²) < 4.78 is 7.31. The van der Waals surface area contributed by atoms with Crippen molar-refractivity contribution in [2.75, 3.05) is 6.61 Å². The van der Waals surface area contributed by atoms with E-state index in [9.17, 15) is 4.79 Å². The van der Waals surface area contributed by atoms with E-state index in [4.69, 9.17) is 17.0 Å². The molecule has 0 radical (unpaired) electrons. The Balaban J connectivity index is 1.31. The van der Waals surface area contributed by atoms with Crippen LogP contribution in [0.15, 0.2) is 48.5 Å². The van der Waals surface area contributed by atoms with Gasteiger partial charge in [0, 0.05) is 17.7 Å². The number of nitrogens with zero attached hydrogens (tertiary/aromatic N) is 4. The maximum Gasteiger partial charge on any atom is 0.257 e. The molecule has 164 valence electrons. The minimum atomic E-state index is -0.279. The molecule has 4 rings (SSSR count). The van der Waals surface area contributed by atoms with Crippen molar-refractivity contribution >= 4 is 39.5 Å². The van der Waals surface area contributed by atoms with Crippen LogP contribution in [0.1, 0.15) is 35.1 Å². The lowest BCUT2D eigenvalue weighted by molar-refractivity contribution is 0.0976. The summed E-state index contributed by atoms with van der Waals surface area (Å²) in [5, 5.41) is 19.6. The minimum Gasteiger partial charge on any atom is -0.494 e. The van der Waals surface area contributed by atoms with Gasteiger partial charge in [-0.25, -0.2) is 0 Å². The highest BCUT2D eigenvalue weighted by molar-refractivity contribution is 7.80. The lowest BCUT2D eigenvalue weighted by Crippen LogP contribution is -2.38. The number of nitrogens with one attached hydrogen (secondary N) is 2. The van der Waals surface area contributed by atoms with Gasteiger partial charge in [0.25, 0.3) is 5.91 Å². The van der Waals surface area contributed by atoms with E-state index in [1.807, 2.05) is 44.2 Å². The molecule has 2 aromatic carbocycles. The fourth-order valence-electron chi connectivity index (χ4n) is 2.95. The van der Waals surface area contributed by atoms with E-state index in [-0.39, 0.29) is 11.0 Å². The first kappa shape index (κ1) is 21.8. The standard InChI is InChI=1S/C22H22N6O2S2/c1-3-11-30-18-6-4-5-17(12-18)19(29)24-21(31)23-13-15-7-9-16(10-8-15)20-27-28-14(2)25-26-22(28)32-20/h4-10,12H,3,11,13H2,1-2H3,(H2,23,24,29,31). The van der Waals surface area contributed by atoms with Gasteiger partial charge in [-0.2, -0.15) is 9.61 Å². The first-order chi connectivity index (χ1) is 15.5. The number of benzene rings is 2. The topological polar surface area (TPSA) is 93.4 Å². The predicted octanol–water partition coefficient (Wildman–Crippen LogP) is 3.75. The van der Waals surface area contributed by atoms with Gasteiger partial charge in [0.1, 0.15) is 10.8 Å². The Morgan fingerprint density at radius 2 is 2.00 bits per heavy atom. The summed E-state index contributed by atoms with van der Waals surface area (Å²) in [5.41, 5.74) is 2.52. The van der Waals surface area contributed by atoms with Crippen molar-refractivity contribution in [2.45, 2.75) is 26.8 Å². The summed E-state index contributed by atoms with van der Waals surface area (Å²) in [4.78, 5) is 13.2. The van der Waals surface area contributed by atoms with Crippen LogP contribution in [0.3, 0.4) is 0 Å². The molecule has 10 heteroatoms. The van der Waals surface area contributed by atoms with E-state index >= 15 is 0 Å². The molecule has 0 spiro atoms. The largest absolute Gasteiger partial charge is 0.494 e. The van der Waals surface area contributed by atoms with E-state index in [2.05, 4.69) is 25.9 Å². The van der Waals surface area contributed by atoms with Gasteiger partial charge in [-0.1, -0.05) is 48.6 Å². The van der Waals surface area contributed by atoms with Crippen molar-refractivity contribution in [3.63, 3.8) is 0 Å².